The van der Waals surface area contributed by atoms with Crippen LogP contribution >= 0.6 is 11.8 Å². The molecule has 0 saturated heterocycles. The lowest BCUT2D eigenvalue weighted by molar-refractivity contribution is -0.131. The van der Waals surface area contributed by atoms with Crippen LogP contribution in [-0.4, -0.2) is 25.3 Å². The SMILES string of the molecule is COc1ccc(SC(=Cc2ccccc2)C(=O)O)cc1OC. The van der Waals surface area contributed by atoms with E-state index in [9.17, 15) is 9.90 Å². The number of hydrogen-bond donors (Lipinski definition) is 1. The van der Waals surface area contributed by atoms with Gasteiger partial charge in [-0.25, -0.2) is 4.79 Å². The van der Waals surface area contributed by atoms with Gasteiger partial charge >= 0.3 is 5.97 Å². The van der Waals surface area contributed by atoms with E-state index < -0.39 is 5.97 Å². The Balaban J connectivity index is 2.29. The largest absolute Gasteiger partial charge is 0.493 e. The van der Waals surface area contributed by atoms with Crippen LogP contribution in [0.1, 0.15) is 5.56 Å². The van der Waals surface area contributed by atoms with Crippen molar-refractivity contribution < 1.29 is 19.4 Å². The molecule has 0 bridgehead atoms. The zero-order chi connectivity index (χ0) is 15.9. The van der Waals surface area contributed by atoms with Crippen LogP contribution in [0, 0.1) is 0 Å². The number of carboxylic acid groups (broad SMARTS) is 1. The van der Waals surface area contributed by atoms with E-state index >= 15 is 0 Å². The summed E-state index contributed by atoms with van der Waals surface area (Å²) in [6.45, 7) is 0. The number of thioether (sulfide) groups is 1. The van der Waals surface area contributed by atoms with Crippen molar-refractivity contribution >= 4 is 23.8 Å². The molecule has 0 aliphatic heterocycles. The third-order valence-electron chi connectivity index (χ3n) is 2.89. The molecule has 0 aliphatic rings. The molecule has 0 amide bonds. The van der Waals surface area contributed by atoms with E-state index in [4.69, 9.17) is 9.47 Å². The predicted molar refractivity (Wildman–Crippen MR) is 87.5 cm³/mol. The molecule has 0 unspecified atom stereocenters. The van der Waals surface area contributed by atoms with Crippen LogP contribution in [0.15, 0.2) is 58.3 Å². The second-order valence-electron chi connectivity index (χ2n) is 4.34. The van der Waals surface area contributed by atoms with E-state index in [1.807, 2.05) is 30.3 Å². The Morgan fingerprint density at radius 1 is 1.05 bits per heavy atom. The zero-order valence-corrected chi connectivity index (χ0v) is 13.1. The maximum Gasteiger partial charge on any atom is 0.342 e. The second kappa shape index (κ2) is 7.56. The first kappa shape index (κ1) is 16.0. The van der Waals surface area contributed by atoms with Crippen molar-refractivity contribution in [3.63, 3.8) is 0 Å². The van der Waals surface area contributed by atoms with Crippen molar-refractivity contribution in [3.05, 3.63) is 59.0 Å². The van der Waals surface area contributed by atoms with E-state index in [0.717, 1.165) is 10.5 Å². The van der Waals surface area contributed by atoms with Crippen LogP contribution in [0.5, 0.6) is 11.5 Å². The van der Waals surface area contributed by atoms with Crippen molar-refractivity contribution in [1.82, 2.24) is 0 Å². The number of hydrogen-bond acceptors (Lipinski definition) is 4. The quantitative estimate of drug-likeness (QED) is 0.646. The smallest absolute Gasteiger partial charge is 0.342 e. The minimum atomic E-state index is -0.969. The van der Waals surface area contributed by atoms with E-state index in [1.165, 1.54) is 11.8 Å². The van der Waals surface area contributed by atoms with Gasteiger partial charge in [0.05, 0.1) is 19.1 Å². The van der Waals surface area contributed by atoms with Gasteiger partial charge in [-0.2, -0.15) is 0 Å². The molecule has 2 aromatic carbocycles. The highest BCUT2D eigenvalue weighted by Gasteiger charge is 2.12. The predicted octanol–water partition coefficient (Wildman–Crippen LogP) is 3.92. The summed E-state index contributed by atoms with van der Waals surface area (Å²) in [5.74, 6) is 0.205. The molecule has 0 heterocycles. The fourth-order valence-electron chi connectivity index (χ4n) is 1.84. The van der Waals surface area contributed by atoms with Crippen LogP contribution in [0.4, 0.5) is 0 Å². The number of methoxy groups -OCH3 is 2. The highest BCUT2D eigenvalue weighted by Crippen LogP contribution is 2.35. The van der Waals surface area contributed by atoms with E-state index in [-0.39, 0.29) is 4.91 Å². The highest BCUT2D eigenvalue weighted by atomic mass is 32.2. The molecule has 0 aromatic heterocycles. The average Bonchev–Trinajstić information content (AvgIpc) is 2.55. The molecule has 4 nitrogen and oxygen atoms in total. The Hall–Kier alpha value is -2.40. The van der Waals surface area contributed by atoms with E-state index in [1.54, 1.807) is 38.5 Å². The molecule has 0 atom stereocenters. The number of benzene rings is 2. The van der Waals surface area contributed by atoms with Gasteiger partial charge in [0.15, 0.2) is 11.5 Å². The maximum atomic E-state index is 11.4. The van der Waals surface area contributed by atoms with Crippen LogP contribution in [0.3, 0.4) is 0 Å². The summed E-state index contributed by atoms with van der Waals surface area (Å²) in [4.78, 5) is 12.4. The average molecular weight is 316 g/mol. The maximum absolute atomic E-state index is 11.4. The monoisotopic (exact) mass is 316 g/mol. The Kier molecular flexibility index (Phi) is 5.49. The number of carboxylic acids is 1. The topological polar surface area (TPSA) is 55.8 Å². The molecule has 5 heteroatoms. The number of ether oxygens (including phenoxy) is 2. The summed E-state index contributed by atoms with van der Waals surface area (Å²) in [6, 6.07) is 14.6. The van der Waals surface area contributed by atoms with E-state index in [0.29, 0.717) is 11.5 Å². The summed E-state index contributed by atoms with van der Waals surface area (Å²) in [6.07, 6.45) is 1.64. The molecule has 0 fully saturated rings. The standard InChI is InChI=1S/C17H16O4S/c1-20-14-9-8-13(11-15(14)21-2)22-16(17(18)19)10-12-6-4-3-5-7-12/h3-11H,1-2H3,(H,18,19). The first-order chi connectivity index (χ1) is 10.6. The summed E-state index contributed by atoms with van der Waals surface area (Å²) in [5.41, 5.74) is 0.841. The molecule has 22 heavy (non-hydrogen) atoms. The Morgan fingerprint density at radius 3 is 2.32 bits per heavy atom. The minimum absolute atomic E-state index is 0.235. The lowest BCUT2D eigenvalue weighted by Gasteiger charge is -2.09. The van der Waals surface area contributed by atoms with Gasteiger partial charge in [-0.1, -0.05) is 42.1 Å². The van der Waals surface area contributed by atoms with Gasteiger partial charge in [-0.15, -0.1) is 0 Å². The molecule has 114 valence electrons. The van der Waals surface area contributed by atoms with Gasteiger partial charge in [-0.05, 0) is 29.8 Å². The summed E-state index contributed by atoms with van der Waals surface area (Å²) >= 11 is 1.17. The van der Waals surface area contributed by atoms with Gasteiger partial charge < -0.3 is 14.6 Å². The number of rotatable bonds is 6. The Bertz CT molecular complexity index is 680. The van der Waals surface area contributed by atoms with Crippen LogP contribution in [0.25, 0.3) is 6.08 Å². The molecule has 0 spiro atoms. The van der Waals surface area contributed by atoms with Crippen LogP contribution < -0.4 is 9.47 Å². The van der Waals surface area contributed by atoms with Crippen molar-refractivity contribution in [2.75, 3.05) is 14.2 Å². The Labute approximate surface area is 133 Å². The van der Waals surface area contributed by atoms with Gasteiger partial charge in [0.2, 0.25) is 0 Å². The minimum Gasteiger partial charge on any atom is -0.493 e. The molecule has 0 radical (unpaired) electrons. The number of carbonyl (C=O) groups is 1. The molecular weight excluding hydrogens is 300 g/mol. The third kappa shape index (κ3) is 4.05. The fraction of sp³-hybridized carbons (Fsp3) is 0.118. The van der Waals surface area contributed by atoms with Gasteiger partial charge in [0.25, 0.3) is 0 Å². The van der Waals surface area contributed by atoms with Crippen LogP contribution in [0.2, 0.25) is 0 Å². The zero-order valence-electron chi connectivity index (χ0n) is 12.3. The van der Waals surface area contributed by atoms with Gasteiger partial charge in [0.1, 0.15) is 0 Å². The van der Waals surface area contributed by atoms with Gasteiger partial charge in [0, 0.05) is 4.90 Å². The Morgan fingerprint density at radius 2 is 1.73 bits per heavy atom. The first-order valence-electron chi connectivity index (χ1n) is 6.54. The molecule has 0 aliphatic carbocycles. The fourth-order valence-corrected chi connectivity index (χ4v) is 2.68. The summed E-state index contributed by atoms with van der Waals surface area (Å²) in [5, 5.41) is 9.38. The summed E-state index contributed by atoms with van der Waals surface area (Å²) < 4.78 is 10.4. The third-order valence-corrected chi connectivity index (χ3v) is 3.89. The van der Waals surface area contributed by atoms with Gasteiger partial charge in [-0.3, -0.25) is 0 Å². The molecule has 2 rings (SSSR count). The highest BCUT2D eigenvalue weighted by molar-refractivity contribution is 8.04. The molecule has 1 N–H and O–H groups in total. The molecule has 0 saturated carbocycles. The molecule has 2 aromatic rings. The lowest BCUT2D eigenvalue weighted by Crippen LogP contribution is -1.97. The van der Waals surface area contributed by atoms with Crippen molar-refractivity contribution in [2.45, 2.75) is 4.90 Å². The second-order valence-corrected chi connectivity index (χ2v) is 5.46. The first-order valence-corrected chi connectivity index (χ1v) is 7.35. The normalized spacial score (nSPS) is 11.1. The van der Waals surface area contributed by atoms with E-state index in [2.05, 4.69) is 0 Å². The lowest BCUT2D eigenvalue weighted by atomic mass is 10.2. The summed E-state index contributed by atoms with van der Waals surface area (Å²) in [7, 11) is 3.10. The van der Waals surface area contributed by atoms with Crippen molar-refractivity contribution in [1.29, 1.82) is 0 Å². The van der Waals surface area contributed by atoms with Crippen molar-refractivity contribution in [2.24, 2.45) is 0 Å². The number of aliphatic carboxylic acids is 1. The molecular formula is C17H16O4S. The van der Waals surface area contributed by atoms with Crippen molar-refractivity contribution in [3.8, 4) is 11.5 Å². The van der Waals surface area contributed by atoms with Crippen LogP contribution in [-0.2, 0) is 4.79 Å².